The molecule has 6 heteroatoms. The second-order valence-corrected chi connectivity index (χ2v) is 11.3. The molecule has 0 aliphatic carbocycles. The van der Waals surface area contributed by atoms with Crippen LogP contribution >= 0.6 is 0 Å². The van der Waals surface area contributed by atoms with E-state index in [0.717, 1.165) is 88.1 Å². The van der Waals surface area contributed by atoms with E-state index in [4.69, 9.17) is 18.2 Å². The Morgan fingerprint density at radius 1 is 0.333 bits per heavy atom. The van der Waals surface area contributed by atoms with E-state index >= 15 is 0 Å². The summed E-state index contributed by atoms with van der Waals surface area (Å²) in [4.78, 5) is 13.9. The van der Waals surface area contributed by atoms with Gasteiger partial charge in [0.1, 0.15) is 39.8 Å². The molecule has 0 bridgehead atoms. The highest BCUT2D eigenvalue weighted by Gasteiger charge is 2.15. The van der Waals surface area contributed by atoms with Crippen LogP contribution in [0.25, 0.3) is 99.7 Å². The molecule has 0 aliphatic heterocycles. The van der Waals surface area contributed by atoms with Crippen molar-refractivity contribution in [3.8, 4) is 33.9 Å². The standard InChI is InChI=1S/C39H21N3O3/c1-3-7-32-26(5-1)28-17-22(9-13-34(28)43-32)23-10-14-36-30(18-23)31-20-25(12-16-37(31)45-36)39-41-21-40-38(42-39)24-11-15-35-29(19-24)27-6-2-4-8-33(27)44-35/h1-21H. The third kappa shape index (κ3) is 3.72. The van der Waals surface area contributed by atoms with E-state index in [9.17, 15) is 0 Å². The lowest BCUT2D eigenvalue weighted by Gasteiger charge is -2.04. The second kappa shape index (κ2) is 9.11. The van der Waals surface area contributed by atoms with Crippen LogP contribution < -0.4 is 0 Å². The molecule has 4 aromatic heterocycles. The van der Waals surface area contributed by atoms with Gasteiger partial charge in [-0.1, -0.05) is 48.5 Å². The predicted molar refractivity (Wildman–Crippen MR) is 178 cm³/mol. The van der Waals surface area contributed by atoms with Crippen LogP contribution in [0.2, 0.25) is 0 Å². The van der Waals surface area contributed by atoms with Crippen LogP contribution in [-0.4, -0.2) is 15.0 Å². The van der Waals surface area contributed by atoms with Gasteiger partial charge >= 0.3 is 0 Å². The minimum absolute atomic E-state index is 0.599. The molecule has 0 N–H and O–H groups in total. The number of furan rings is 3. The first kappa shape index (κ1) is 24.2. The van der Waals surface area contributed by atoms with Crippen LogP contribution in [-0.2, 0) is 0 Å². The lowest BCUT2D eigenvalue weighted by Crippen LogP contribution is -1.95. The molecule has 10 rings (SSSR count). The molecule has 210 valence electrons. The zero-order chi connectivity index (χ0) is 29.5. The van der Waals surface area contributed by atoms with Crippen molar-refractivity contribution in [2.24, 2.45) is 0 Å². The largest absolute Gasteiger partial charge is 0.456 e. The number of aromatic nitrogens is 3. The summed E-state index contributed by atoms with van der Waals surface area (Å²) in [6, 6.07) is 41.0. The first-order chi connectivity index (χ1) is 22.2. The predicted octanol–water partition coefficient (Wildman–Crippen LogP) is 10.6. The van der Waals surface area contributed by atoms with E-state index in [1.54, 1.807) is 6.33 Å². The molecule has 0 radical (unpaired) electrons. The van der Waals surface area contributed by atoms with Gasteiger partial charge in [0.15, 0.2) is 11.6 Å². The zero-order valence-electron chi connectivity index (χ0n) is 23.7. The quantitative estimate of drug-likeness (QED) is 0.207. The van der Waals surface area contributed by atoms with Crippen LogP contribution in [0.5, 0.6) is 0 Å². The molecule has 0 saturated heterocycles. The van der Waals surface area contributed by atoms with Crippen molar-refractivity contribution >= 4 is 65.8 Å². The monoisotopic (exact) mass is 579 g/mol. The number of rotatable bonds is 3. The topological polar surface area (TPSA) is 78.1 Å². The number of hydrogen-bond donors (Lipinski definition) is 0. The van der Waals surface area contributed by atoms with Gasteiger partial charge in [-0.2, -0.15) is 0 Å². The zero-order valence-corrected chi connectivity index (χ0v) is 23.7. The summed E-state index contributed by atoms with van der Waals surface area (Å²) in [6.07, 6.45) is 1.57. The Morgan fingerprint density at radius 3 is 1.16 bits per heavy atom. The first-order valence-corrected chi connectivity index (χ1v) is 14.7. The molecule has 0 spiro atoms. The summed E-state index contributed by atoms with van der Waals surface area (Å²) in [7, 11) is 0. The highest BCUT2D eigenvalue weighted by Crippen LogP contribution is 2.37. The van der Waals surface area contributed by atoms with E-state index in [-0.39, 0.29) is 0 Å². The molecule has 6 nitrogen and oxygen atoms in total. The Hall–Kier alpha value is -6.27. The van der Waals surface area contributed by atoms with Crippen LogP contribution in [0.4, 0.5) is 0 Å². The molecule has 0 amide bonds. The van der Waals surface area contributed by atoms with Crippen molar-refractivity contribution in [2.75, 3.05) is 0 Å². The highest BCUT2D eigenvalue weighted by atomic mass is 16.3. The lowest BCUT2D eigenvalue weighted by molar-refractivity contribution is 0.668. The van der Waals surface area contributed by atoms with Gasteiger partial charge in [-0.05, 0) is 83.9 Å². The fraction of sp³-hybridized carbons (Fsp3) is 0. The molecule has 6 aromatic carbocycles. The molecule has 0 fully saturated rings. The summed E-state index contributed by atoms with van der Waals surface area (Å²) in [5.74, 6) is 1.20. The van der Waals surface area contributed by atoms with Gasteiger partial charge in [0.2, 0.25) is 0 Å². The molecule has 0 atom stereocenters. The van der Waals surface area contributed by atoms with Crippen LogP contribution in [0.3, 0.4) is 0 Å². The summed E-state index contributed by atoms with van der Waals surface area (Å²) in [5.41, 5.74) is 9.13. The Kier molecular flexibility index (Phi) is 4.90. The number of hydrogen-bond acceptors (Lipinski definition) is 6. The number of benzene rings is 6. The lowest BCUT2D eigenvalue weighted by atomic mass is 10.00. The number of nitrogens with zero attached hydrogens (tertiary/aromatic N) is 3. The number of fused-ring (bicyclic) bond motifs is 9. The maximum absolute atomic E-state index is 6.23. The molecular formula is C39H21N3O3. The molecule has 4 heterocycles. The van der Waals surface area contributed by atoms with Crippen molar-refractivity contribution in [3.05, 3.63) is 128 Å². The van der Waals surface area contributed by atoms with Gasteiger partial charge < -0.3 is 13.3 Å². The first-order valence-electron chi connectivity index (χ1n) is 14.7. The average Bonchev–Trinajstić information content (AvgIpc) is 3.78. The Morgan fingerprint density at radius 2 is 0.689 bits per heavy atom. The third-order valence-electron chi connectivity index (χ3n) is 8.64. The molecular weight excluding hydrogens is 558 g/mol. The Labute approximate surface area is 255 Å². The van der Waals surface area contributed by atoms with E-state index in [1.165, 1.54) is 0 Å². The van der Waals surface area contributed by atoms with Crippen LogP contribution in [0, 0.1) is 0 Å². The fourth-order valence-electron chi connectivity index (χ4n) is 6.44. The van der Waals surface area contributed by atoms with Gasteiger partial charge in [-0.3, -0.25) is 0 Å². The molecule has 10 aromatic rings. The normalized spacial score (nSPS) is 12.0. The average molecular weight is 580 g/mol. The molecule has 45 heavy (non-hydrogen) atoms. The third-order valence-corrected chi connectivity index (χ3v) is 8.64. The van der Waals surface area contributed by atoms with Gasteiger partial charge in [0.05, 0.1) is 0 Å². The molecule has 0 aliphatic rings. The summed E-state index contributed by atoms with van der Waals surface area (Å²) >= 11 is 0. The highest BCUT2D eigenvalue weighted by molar-refractivity contribution is 6.09. The van der Waals surface area contributed by atoms with Gasteiger partial charge in [0, 0.05) is 43.4 Å². The Bertz CT molecular complexity index is 2790. The van der Waals surface area contributed by atoms with E-state index < -0.39 is 0 Å². The maximum atomic E-state index is 6.23. The molecule has 0 saturated carbocycles. The van der Waals surface area contributed by atoms with Gasteiger partial charge in [0.25, 0.3) is 0 Å². The van der Waals surface area contributed by atoms with Crippen LogP contribution in [0.1, 0.15) is 0 Å². The van der Waals surface area contributed by atoms with Crippen molar-refractivity contribution in [2.45, 2.75) is 0 Å². The summed E-state index contributed by atoms with van der Waals surface area (Å²) < 4.78 is 18.3. The fourth-order valence-corrected chi connectivity index (χ4v) is 6.44. The summed E-state index contributed by atoms with van der Waals surface area (Å²) in [6.45, 7) is 0. The second-order valence-electron chi connectivity index (χ2n) is 11.3. The minimum atomic E-state index is 0.599. The molecule has 0 unspecified atom stereocenters. The SMILES string of the molecule is c1ccc2c(c1)oc1ccc(-c3ccc4oc5ccc(-c6ncnc(-c7ccc8oc9ccccc9c8c7)n6)cc5c4c3)cc12. The van der Waals surface area contributed by atoms with Gasteiger partial charge in [-0.25, -0.2) is 15.0 Å². The van der Waals surface area contributed by atoms with Crippen molar-refractivity contribution in [1.29, 1.82) is 0 Å². The van der Waals surface area contributed by atoms with Crippen molar-refractivity contribution < 1.29 is 13.3 Å². The minimum Gasteiger partial charge on any atom is -0.456 e. The Balaban J connectivity index is 1.07. The summed E-state index contributed by atoms with van der Waals surface area (Å²) in [5, 5.41) is 6.36. The van der Waals surface area contributed by atoms with E-state index in [2.05, 4.69) is 58.5 Å². The van der Waals surface area contributed by atoms with Crippen molar-refractivity contribution in [3.63, 3.8) is 0 Å². The number of para-hydroxylation sites is 2. The van der Waals surface area contributed by atoms with E-state index in [0.29, 0.717) is 11.6 Å². The van der Waals surface area contributed by atoms with E-state index in [1.807, 2.05) is 72.8 Å². The van der Waals surface area contributed by atoms with Crippen molar-refractivity contribution in [1.82, 2.24) is 15.0 Å². The smallest absolute Gasteiger partial charge is 0.163 e. The van der Waals surface area contributed by atoms with Gasteiger partial charge in [-0.15, -0.1) is 0 Å². The van der Waals surface area contributed by atoms with Crippen LogP contribution in [0.15, 0.2) is 141 Å². The maximum Gasteiger partial charge on any atom is 0.163 e.